The lowest BCUT2D eigenvalue weighted by atomic mass is 10.2. The summed E-state index contributed by atoms with van der Waals surface area (Å²) >= 11 is 1.72. The molecule has 0 saturated carbocycles. The highest BCUT2D eigenvalue weighted by molar-refractivity contribution is 7.11. The molecule has 0 radical (unpaired) electrons. The third kappa shape index (κ3) is 3.47. The van der Waals surface area contributed by atoms with Crippen molar-refractivity contribution in [3.63, 3.8) is 0 Å². The molecule has 0 aliphatic carbocycles. The van der Waals surface area contributed by atoms with E-state index in [1.165, 1.54) is 4.88 Å². The molecule has 4 nitrogen and oxygen atoms in total. The first-order valence-electron chi connectivity index (χ1n) is 6.72. The van der Waals surface area contributed by atoms with Crippen molar-refractivity contribution in [2.45, 2.75) is 59.1 Å². The maximum Gasteiger partial charge on any atom is 0.410 e. The average molecular weight is 282 g/mol. The molecule has 2 rings (SSSR count). The lowest BCUT2D eigenvalue weighted by Crippen LogP contribution is -2.39. The molecule has 1 aromatic heterocycles. The summed E-state index contributed by atoms with van der Waals surface area (Å²) in [5, 5.41) is 1.16. The van der Waals surface area contributed by atoms with E-state index in [2.05, 4.69) is 18.8 Å². The summed E-state index contributed by atoms with van der Waals surface area (Å²) in [4.78, 5) is 19.7. The molecule has 0 bridgehead atoms. The predicted octanol–water partition coefficient (Wildman–Crippen LogP) is 3.56. The average Bonchev–Trinajstić information content (AvgIpc) is 2.69. The molecule has 19 heavy (non-hydrogen) atoms. The van der Waals surface area contributed by atoms with Crippen molar-refractivity contribution in [2.75, 3.05) is 6.54 Å². The lowest BCUT2D eigenvalue weighted by Gasteiger charge is -2.29. The van der Waals surface area contributed by atoms with E-state index >= 15 is 0 Å². The molecule has 106 valence electrons. The van der Waals surface area contributed by atoms with Gasteiger partial charge >= 0.3 is 6.09 Å². The van der Waals surface area contributed by atoms with Crippen molar-refractivity contribution in [3.05, 3.63) is 15.6 Å². The van der Waals surface area contributed by atoms with Gasteiger partial charge in [-0.05, 0) is 20.8 Å². The quantitative estimate of drug-likeness (QED) is 0.791. The minimum absolute atomic E-state index is 0.224. The minimum Gasteiger partial charge on any atom is -0.444 e. The Balaban J connectivity index is 2.07. The predicted molar refractivity (Wildman–Crippen MR) is 76.6 cm³/mol. The first-order valence-corrected chi connectivity index (χ1v) is 7.54. The van der Waals surface area contributed by atoms with E-state index in [9.17, 15) is 4.79 Å². The molecule has 5 heteroatoms. The van der Waals surface area contributed by atoms with Gasteiger partial charge in [-0.3, -0.25) is 0 Å². The molecule has 1 aliphatic heterocycles. The van der Waals surface area contributed by atoms with Crippen molar-refractivity contribution in [1.29, 1.82) is 0 Å². The van der Waals surface area contributed by atoms with Crippen molar-refractivity contribution in [2.24, 2.45) is 0 Å². The molecule has 0 N–H and O–H groups in total. The fourth-order valence-corrected chi connectivity index (χ4v) is 3.07. The molecule has 0 spiro atoms. The van der Waals surface area contributed by atoms with E-state index in [0.717, 1.165) is 17.1 Å². The van der Waals surface area contributed by atoms with E-state index in [1.807, 2.05) is 20.8 Å². The summed E-state index contributed by atoms with van der Waals surface area (Å²) in [5.41, 5.74) is 0.724. The Morgan fingerprint density at radius 2 is 2.11 bits per heavy atom. The van der Waals surface area contributed by atoms with Crippen LogP contribution in [0, 0.1) is 0 Å². The Morgan fingerprint density at radius 3 is 2.68 bits per heavy atom. The molecule has 1 aromatic rings. The number of hydrogen-bond donors (Lipinski definition) is 0. The number of hydrogen-bond acceptors (Lipinski definition) is 4. The number of ether oxygens (including phenoxy) is 1. The molecule has 2 heterocycles. The Labute approximate surface area is 118 Å². The third-order valence-corrected chi connectivity index (χ3v) is 4.28. The fourth-order valence-electron chi connectivity index (χ4n) is 1.94. The van der Waals surface area contributed by atoms with Crippen LogP contribution in [0.4, 0.5) is 4.79 Å². The normalized spacial score (nSPS) is 15.6. The van der Waals surface area contributed by atoms with Crippen LogP contribution in [0.15, 0.2) is 0 Å². The van der Waals surface area contributed by atoms with E-state index in [1.54, 1.807) is 16.2 Å². The molecule has 0 unspecified atom stereocenters. The van der Waals surface area contributed by atoms with Crippen LogP contribution in [-0.2, 0) is 17.7 Å². The largest absolute Gasteiger partial charge is 0.444 e. The standard InChI is InChI=1S/C14H22N2O2S/c1-9(2)12-15-10-6-7-16(8-11(10)19-12)13(17)18-14(3,4)5/h9H,6-8H2,1-5H3. The Bertz CT molecular complexity index is 474. The number of carbonyl (C=O) groups excluding carboxylic acids is 1. The summed E-state index contributed by atoms with van der Waals surface area (Å²) < 4.78 is 5.42. The zero-order valence-corrected chi connectivity index (χ0v) is 13.1. The van der Waals surface area contributed by atoms with Crippen molar-refractivity contribution in [1.82, 2.24) is 9.88 Å². The first-order chi connectivity index (χ1) is 8.76. The van der Waals surface area contributed by atoms with Gasteiger partial charge in [0.2, 0.25) is 0 Å². The molecule has 0 fully saturated rings. The lowest BCUT2D eigenvalue weighted by molar-refractivity contribution is 0.0225. The van der Waals surface area contributed by atoms with Gasteiger partial charge in [0.05, 0.1) is 17.2 Å². The van der Waals surface area contributed by atoms with Gasteiger partial charge in [-0.15, -0.1) is 11.3 Å². The topological polar surface area (TPSA) is 42.4 Å². The molecule has 0 saturated heterocycles. The van der Waals surface area contributed by atoms with Crippen LogP contribution < -0.4 is 0 Å². The number of nitrogens with zero attached hydrogens (tertiary/aromatic N) is 2. The Morgan fingerprint density at radius 1 is 1.42 bits per heavy atom. The second-order valence-corrected chi connectivity index (χ2v) is 7.34. The molecule has 1 aliphatic rings. The second kappa shape index (κ2) is 5.12. The van der Waals surface area contributed by atoms with Crippen LogP contribution in [0.2, 0.25) is 0 Å². The Kier molecular flexibility index (Phi) is 3.85. The summed E-state index contributed by atoms with van der Waals surface area (Å²) in [6.07, 6.45) is 0.607. The highest BCUT2D eigenvalue weighted by Gasteiger charge is 2.28. The SMILES string of the molecule is CC(C)c1nc2c(s1)CN(C(=O)OC(C)(C)C)CC2. The molecule has 0 atom stereocenters. The summed E-state index contributed by atoms with van der Waals surface area (Å²) in [6, 6.07) is 0. The van der Waals surface area contributed by atoms with E-state index < -0.39 is 5.60 Å². The highest BCUT2D eigenvalue weighted by atomic mass is 32.1. The van der Waals surface area contributed by atoms with E-state index in [0.29, 0.717) is 19.0 Å². The van der Waals surface area contributed by atoms with Gasteiger partial charge < -0.3 is 9.64 Å². The number of aromatic nitrogens is 1. The van der Waals surface area contributed by atoms with Gasteiger partial charge in [0.1, 0.15) is 5.60 Å². The molecule has 0 aromatic carbocycles. The van der Waals surface area contributed by atoms with Crippen molar-refractivity contribution < 1.29 is 9.53 Å². The molecular weight excluding hydrogens is 260 g/mol. The number of thiazole rings is 1. The monoisotopic (exact) mass is 282 g/mol. The fraction of sp³-hybridized carbons (Fsp3) is 0.714. The van der Waals surface area contributed by atoms with Crippen LogP contribution in [0.25, 0.3) is 0 Å². The van der Waals surface area contributed by atoms with Crippen LogP contribution in [-0.4, -0.2) is 28.1 Å². The summed E-state index contributed by atoms with van der Waals surface area (Å²) in [5.74, 6) is 0.450. The number of carbonyl (C=O) groups is 1. The van der Waals surface area contributed by atoms with Gasteiger partial charge in [0, 0.05) is 23.8 Å². The van der Waals surface area contributed by atoms with Crippen LogP contribution in [0.1, 0.15) is 56.1 Å². The molecule has 1 amide bonds. The van der Waals surface area contributed by atoms with Gasteiger partial charge in [-0.2, -0.15) is 0 Å². The van der Waals surface area contributed by atoms with Crippen LogP contribution in [0.3, 0.4) is 0 Å². The van der Waals surface area contributed by atoms with Crippen molar-refractivity contribution in [3.8, 4) is 0 Å². The minimum atomic E-state index is -0.436. The Hall–Kier alpha value is -1.10. The zero-order chi connectivity index (χ0) is 14.2. The van der Waals surface area contributed by atoms with Gasteiger partial charge in [0.25, 0.3) is 0 Å². The van der Waals surface area contributed by atoms with Gasteiger partial charge in [-0.1, -0.05) is 13.8 Å². The molecular formula is C14H22N2O2S. The van der Waals surface area contributed by atoms with Crippen LogP contribution >= 0.6 is 11.3 Å². The number of fused-ring (bicyclic) bond motifs is 1. The van der Waals surface area contributed by atoms with Gasteiger partial charge in [-0.25, -0.2) is 9.78 Å². The van der Waals surface area contributed by atoms with E-state index in [-0.39, 0.29) is 6.09 Å². The van der Waals surface area contributed by atoms with Crippen LogP contribution in [0.5, 0.6) is 0 Å². The van der Waals surface area contributed by atoms with Crippen molar-refractivity contribution >= 4 is 17.4 Å². The van der Waals surface area contributed by atoms with E-state index in [4.69, 9.17) is 4.74 Å². The summed E-state index contributed by atoms with van der Waals surface area (Å²) in [6.45, 7) is 11.3. The summed E-state index contributed by atoms with van der Waals surface area (Å²) in [7, 11) is 0. The number of rotatable bonds is 1. The highest BCUT2D eigenvalue weighted by Crippen LogP contribution is 2.29. The zero-order valence-electron chi connectivity index (χ0n) is 12.3. The third-order valence-electron chi connectivity index (χ3n) is 2.89. The maximum atomic E-state index is 12.1. The smallest absolute Gasteiger partial charge is 0.410 e. The first kappa shape index (κ1) is 14.3. The second-order valence-electron chi connectivity index (χ2n) is 6.23. The maximum absolute atomic E-state index is 12.1. The van der Waals surface area contributed by atoms with Gasteiger partial charge in [0.15, 0.2) is 0 Å². The number of amides is 1.